The van der Waals surface area contributed by atoms with Crippen molar-refractivity contribution in [3.05, 3.63) is 29.8 Å². The number of amides is 2. The molecule has 1 aromatic carbocycles. The highest BCUT2D eigenvalue weighted by Crippen LogP contribution is 2.32. The van der Waals surface area contributed by atoms with E-state index in [9.17, 15) is 9.59 Å². The summed E-state index contributed by atoms with van der Waals surface area (Å²) in [5.74, 6) is 0.0458. The first-order valence-corrected chi connectivity index (χ1v) is 11.8. The molecule has 0 saturated carbocycles. The summed E-state index contributed by atoms with van der Waals surface area (Å²) in [5, 5.41) is 0. The number of hydrogen-bond acceptors (Lipinski definition) is 5. The Morgan fingerprint density at radius 3 is 2.28 bits per heavy atom. The third-order valence-corrected chi connectivity index (χ3v) is 6.27. The minimum absolute atomic E-state index is 0.0607. The molecule has 32 heavy (non-hydrogen) atoms. The molecule has 0 N–H and O–H groups in total. The second kappa shape index (κ2) is 9.69. The zero-order valence-corrected chi connectivity index (χ0v) is 20.8. The number of ether oxygens (including phenoxy) is 1. The summed E-state index contributed by atoms with van der Waals surface area (Å²) in [6.07, 6.45) is -0.323. The van der Waals surface area contributed by atoms with Crippen LogP contribution in [0.3, 0.4) is 0 Å². The first-order chi connectivity index (χ1) is 15.0. The lowest BCUT2D eigenvalue weighted by Gasteiger charge is -2.46. The maximum absolute atomic E-state index is 13.2. The fourth-order valence-corrected chi connectivity index (χ4v) is 4.42. The summed E-state index contributed by atoms with van der Waals surface area (Å²) in [5.41, 5.74) is 1.64. The number of piperazine rings is 2. The Labute approximate surface area is 193 Å². The fourth-order valence-electron chi connectivity index (χ4n) is 4.42. The van der Waals surface area contributed by atoms with Crippen molar-refractivity contribution in [3.63, 3.8) is 0 Å². The van der Waals surface area contributed by atoms with E-state index >= 15 is 0 Å². The number of hydrogen-bond donors (Lipinski definition) is 0. The van der Waals surface area contributed by atoms with Crippen LogP contribution in [0.15, 0.2) is 24.3 Å². The normalized spacial score (nSPS) is 22.9. The molecule has 2 atom stereocenters. The van der Waals surface area contributed by atoms with Gasteiger partial charge in [0.25, 0.3) is 0 Å². The van der Waals surface area contributed by atoms with Crippen LogP contribution in [0.1, 0.15) is 53.1 Å². The third-order valence-electron chi connectivity index (χ3n) is 6.27. The lowest BCUT2D eigenvalue weighted by atomic mass is 9.98. The molecule has 7 heteroatoms. The molecule has 0 aromatic heterocycles. The van der Waals surface area contributed by atoms with E-state index in [1.165, 1.54) is 5.69 Å². The van der Waals surface area contributed by atoms with Crippen molar-refractivity contribution in [2.45, 2.75) is 59.2 Å². The Bertz CT molecular complexity index is 812. The average Bonchev–Trinajstić information content (AvgIpc) is 2.72. The van der Waals surface area contributed by atoms with Gasteiger partial charge in [-0.2, -0.15) is 0 Å². The van der Waals surface area contributed by atoms with Gasteiger partial charge in [-0.25, -0.2) is 4.79 Å². The van der Waals surface area contributed by atoms with Crippen LogP contribution < -0.4 is 4.90 Å². The van der Waals surface area contributed by atoms with Crippen molar-refractivity contribution in [1.29, 1.82) is 0 Å². The predicted molar refractivity (Wildman–Crippen MR) is 128 cm³/mol. The number of carbonyl (C=O) groups is 2. The lowest BCUT2D eigenvalue weighted by molar-refractivity contribution is -0.140. The van der Waals surface area contributed by atoms with Gasteiger partial charge in [-0.1, -0.05) is 26.0 Å². The maximum atomic E-state index is 13.2. The number of anilines is 1. The molecule has 0 radical (unpaired) electrons. The Kier molecular flexibility index (Phi) is 7.38. The van der Waals surface area contributed by atoms with Crippen LogP contribution in [-0.2, 0) is 9.53 Å². The number of benzene rings is 1. The second-order valence-electron chi connectivity index (χ2n) is 10.5. The van der Waals surface area contributed by atoms with E-state index in [-0.39, 0.29) is 30.0 Å². The standard InChI is InChI=1S/C25H40N4O3/c1-18(2)23(30)28-17-22(29(16-19(28)3)24(31)32-25(4,5)6)20-9-8-10-21(15-20)27-13-11-26(7)12-14-27/h8-10,15,18-19,22H,11-14,16-17H2,1-7H3/t19-,22+/m1/s1. The minimum Gasteiger partial charge on any atom is -0.444 e. The highest BCUT2D eigenvalue weighted by molar-refractivity contribution is 5.79. The molecular formula is C25H40N4O3. The topological polar surface area (TPSA) is 56.3 Å². The molecule has 2 fully saturated rings. The van der Waals surface area contributed by atoms with Gasteiger partial charge in [-0.05, 0) is 52.4 Å². The molecule has 178 valence electrons. The van der Waals surface area contributed by atoms with Crippen LogP contribution in [-0.4, -0.2) is 84.7 Å². The highest BCUT2D eigenvalue weighted by atomic mass is 16.6. The van der Waals surface area contributed by atoms with Gasteiger partial charge in [0.1, 0.15) is 5.60 Å². The molecule has 0 spiro atoms. The lowest BCUT2D eigenvalue weighted by Crippen LogP contribution is -2.58. The van der Waals surface area contributed by atoms with Crippen LogP contribution >= 0.6 is 0 Å². The quantitative estimate of drug-likeness (QED) is 0.713. The van der Waals surface area contributed by atoms with Gasteiger partial charge in [0.15, 0.2) is 0 Å². The van der Waals surface area contributed by atoms with Crippen molar-refractivity contribution in [2.24, 2.45) is 5.92 Å². The first-order valence-electron chi connectivity index (χ1n) is 11.8. The van der Waals surface area contributed by atoms with Crippen LogP contribution in [0.2, 0.25) is 0 Å². The molecule has 7 nitrogen and oxygen atoms in total. The molecule has 0 unspecified atom stereocenters. The van der Waals surface area contributed by atoms with E-state index < -0.39 is 5.60 Å². The first kappa shape index (κ1) is 24.4. The minimum atomic E-state index is -0.572. The molecule has 2 saturated heterocycles. The Morgan fingerprint density at radius 2 is 1.69 bits per heavy atom. The molecule has 2 amide bonds. The van der Waals surface area contributed by atoms with Gasteiger partial charge >= 0.3 is 6.09 Å². The number of rotatable bonds is 3. The van der Waals surface area contributed by atoms with Crippen LogP contribution in [0.5, 0.6) is 0 Å². The smallest absolute Gasteiger partial charge is 0.410 e. The van der Waals surface area contributed by atoms with Crippen molar-refractivity contribution >= 4 is 17.7 Å². The molecule has 2 aliphatic rings. The largest absolute Gasteiger partial charge is 0.444 e. The SMILES string of the molecule is CC(C)C(=O)N1C[C@@H](c2cccc(N3CCN(C)CC3)c2)N(C(=O)OC(C)(C)C)C[C@H]1C. The Balaban J connectivity index is 1.91. The van der Waals surface area contributed by atoms with Crippen molar-refractivity contribution in [3.8, 4) is 0 Å². The van der Waals surface area contributed by atoms with Crippen LogP contribution in [0.4, 0.5) is 10.5 Å². The maximum Gasteiger partial charge on any atom is 0.410 e. The van der Waals surface area contributed by atoms with E-state index in [4.69, 9.17) is 4.74 Å². The summed E-state index contributed by atoms with van der Waals surface area (Å²) in [6.45, 7) is 16.5. The average molecular weight is 445 g/mol. The summed E-state index contributed by atoms with van der Waals surface area (Å²) in [4.78, 5) is 34.5. The summed E-state index contributed by atoms with van der Waals surface area (Å²) in [6, 6.07) is 8.14. The van der Waals surface area contributed by atoms with Crippen molar-refractivity contribution in [1.82, 2.24) is 14.7 Å². The second-order valence-corrected chi connectivity index (χ2v) is 10.5. The molecule has 0 bridgehead atoms. The zero-order chi connectivity index (χ0) is 23.6. The summed E-state index contributed by atoms with van der Waals surface area (Å²) >= 11 is 0. The molecular weight excluding hydrogens is 404 g/mol. The van der Waals surface area contributed by atoms with E-state index in [0.29, 0.717) is 13.1 Å². The molecule has 0 aliphatic carbocycles. The van der Waals surface area contributed by atoms with Gasteiger partial charge in [0.05, 0.1) is 6.04 Å². The number of likely N-dealkylation sites (N-methyl/N-ethyl adjacent to an activating group) is 1. The van der Waals surface area contributed by atoms with E-state index in [0.717, 1.165) is 31.7 Å². The molecule has 2 aliphatic heterocycles. The molecule has 1 aromatic rings. The zero-order valence-electron chi connectivity index (χ0n) is 20.8. The number of carbonyl (C=O) groups excluding carboxylic acids is 2. The molecule has 2 heterocycles. The fraction of sp³-hybridized carbons (Fsp3) is 0.680. The van der Waals surface area contributed by atoms with Gasteiger partial charge < -0.3 is 19.4 Å². The highest BCUT2D eigenvalue weighted by Gasteiger charge is 2.39. The van der Waals surface area contributed by atoms with Crippen molar-refractivity contribution in [2.75, 3.05) is 51.2 Å². The van der Waals surface area contributed by atoms with Gasteiger partial charge in [0.2, 0.25) is 5.91 Å². The van der Waals surface area contributed by atoms with E-state index in [1.54, 1.807) is 0 Å². The third kappa shape index (κ3) is 5.74. The molecule has 3 rings (SSSR count). The number of nitrogens with zero attached hydrogens (tertiary/aromatic N) is 4. The van der Waals surface area contributed by atoms with Gasteiger partial charge in [0, 0.05) is 56.9 Å². The van der Waals surface area contributed by atoms with Crippen LogP contribution in [0, 0.1) is 5.92 Å². The Hall–Kier alpha value is -2.28. The van der Waals surface area contributed by atoms with Crippen LogP contribution in [0.25, 0.3) is 0 Å². The summed E-state index contributed by atoms with van der Waals surface area (Å²) < 4.78 is 5.75. The van der Waals surface area contributed by atoms with Gasteiger partial charge in [-0.3, -0.25) is 9.69 Å². The monoisotopic (exact) mass is 444 g/mol. The van der Waals surface area contributed by atoms with E-state index in [1.807, 2.05) is 51.3 Å². The Morgan fingerprint density at radius 1 is 1.03 bits per heavy atom. The van der Waals surface area contributed by atoms with Gasteiger partial charge in [-0.15, -0.1) is 0 Å². The van der Waals surface area contributed by atoms with E-state index in [2.05, 4.69) is 41.1 Å². The summed E-state index contributed by atoms with van der Waals surface area (Å²) in [7, 11) is 2.15. The predicted octanol–water partition coefficient (Wildman–Crippen LogP) is 3.60. The van der Waals surface area contributed by atoms with Crippen molar-refractivity contribution < 1.29 is 14.3 Å².